The first-order valence-electron chi connectivity index (χ1n) is 7.55. The summed E-state index contributed by atoms with van der Waals surface area (Å²) in [5.74, 6) is 3.36. The lowest BCUT2D eigenvalue weighted by Gasteiger charge is -2.18. The second kappa shape index (κ2) is 6.79. The SMILES string of the molecule is COc1ccc(OC)c(CC(CN)c2ccc3c(c2)OCO3)c1. The summed E-state index contributed by atoms with van der Waals surface area (Å²) in [6.07, 6.45) is 0.760. The average molecular weight is 315 g/mol. The third kappa shape index (κ3) is 3.19. The molecule has 1 unspecified atom stereocenters. The highest BCUT2D eigenvalue weighted by molar-refractivity contribution is 5.47. The normalized spacial score (nSPS) is 13.7. The summed E-state index contributed by atoms with van der Waals surface area (Å²) in [6, 6.07) is 11.8. The van der Waals surface area contributed by atoms with E-state index in [-0.39, 0.29) is 12.7 Å². The summed E-state index contributed by atoms with van der Waals surface area (Å²) in [6.45, 7) is 0.801. The van der Waals surface area contributed by atoms with E-state index < -0.39 is 0 Å². The largest absolute Gasteiger partial charge is 0.497 e. The highest BCUT2D eigenvalue weighted by Crippen LogP contribution is 2.36. The molecule has 5 nitrogen and oxygen atoms in total. The molecule has 0 radical (unpaired) electrons. The molecule has 122 valence electrons. The van der Waals surface area contributed by atoms with Gasteiger partial charge in [-0.2, -0.15) is 0 Å². The molecule has 0 spiro atoms. The van der Waals surface area contributed by atoms with Crippen molar-refractivity contribution in [2.45, 2.75) is 12.3 Å². The maximum Gasteiger partial charge on any atom is 0.231 e. The lowest BCUT2D eigenvalue weighted by Crippen LogP contribution is -2.15. The van der Waals surface area contributed by atoms with E-state index in [0.717, 1.165) is 40.5 Å². The highest BCUT2D eigenvalue weighted by Gasteiger charge is 2.19. The topological polar surface area (TPSA) is 62.9 Å². The van der Waals surface area contributed by atoms with Gasteiger partial charge in [0, 0.05) is 5.92 Å². The second-order valence-corrected chi connectivity index (χ2v) is 5.43. The van der Waals surface area contributed by atoms with Gasteiger partial charge in [-0.1, -0.05) is 6.07 Å². The molecule has 0 saturated carbocycles. The minimum atomic E-state index is 0.158. The molecular weight excluding hydrogens is 294 g/mol. The fourth-order valence-corrected chi connectivity index (χ4v) is 2.81. The molecule has 2 aromatic carbocycles. The molecule has 23 heavy (non-hydrogen) atoms. The van der Waals surface area contributed by atoms with Gasteiger partial charge in [-0.25, -0.2) is 0 Å². The smallest absolute Gasteiger partial charge is 0.231 e. The minimum Gasteiger partial charge on any atom is -0.497 e. The van der Waals surface area contributed by atoms with Crippen molar-refractivity contribution < 1.29 is 18.9 Å². The molecule has 0 saturated heterocycles. The third-order valence-electron chi connectivity index (χ3n) is 4.11. The number of benzene rings is 2. The Morgan fingerprint density at radius 2 is 1.87 bits per heavy atom. The fourth-order valence-electron chi connectivity index (χ4n) is 2.81. The van der Waals surface area contributed by atoms with Gasteiger partial charge >= 0.3 is 0 Å². The van der Waals surface area contributed by atoms with Crippen molar-refractivity contribution in [3.05, 3.63) is 47.5 Å². The van der Waals surface area contributed by atoms with Crippen LogP contribution in [0.15, 0.2) is 36.4 Å². The van der Waals surface area contributed by atoms with Crippen LogP contribution in [0.3, 0.4) is 0 Å². The second-order valence-electron chi connectivity index (χ2n) is 5.43. The van der Waals surface area contributed by atoms with Gasteiger partial charge in [0.15, 0.2) is 11.5 Å². The van der Waals surface area contributed by atoms with Gasteiger partial charge in [-0.15, -0.1) is 0 Å². The zero-order chi connectivity index (χ0) is 16.2. The number of fused-ring (bicyclic) bond motifs is 1. The number of methoxy groups -OCH3 is 2. The molecule has 2 N–H and O–H groups in total. The number of hydrogen-bond acceptors (Lipinski definition) is 5. The molecule has 5 heteroatoms. The summed E-state index contributed by atoms with van der Waals surface area (Å²) in [4.78, 5) is 0. The van der Waals surface area contributed by atoms with E-state index in [9.17, 15) is 0 Å². The van der Waals surface area contributed by atoms with Gasteiger partial charge in [0.1, 0.15) is 11.5 Å². The monoisotopic (exact) mass is 315 g/mol. The number of ether oxygens (including phenoxy) is 4. The van der Waals surface area contributed by atoms with Crippen LogP contribution in [-0.2, 0) is 6.42 Å². The Bertz CT molecular complexity index is 687. The van der Waals surface area contributed by atoms with Gasteiger partial charge in [0.2, 0.25) is 6.79 Å². The first kappa shape index (κ1) is 15.5. The average Bonchev–Trinajstić information content (AvgIpc) is 3.07. The predicted octanol–water partition coefficient (Wildman–Crippen LogP) is 2.72. The van der Waals surface area contributed by atoms with Crippen molar-refractivity contribution >= 4 is 0 Å². The first-order chi connectivity index (χ1) is 11.2. The van der Waals surface area contributed by atoms with Crippen LogP contribution in [-0.4, -0.2) is 27.6 Å². The van der Waals surface area contributed by atoms with E-state index >= 15 is 0 Å². The Morgan fingerprint density at radius 1 is 1.04 bits per heavy atom. The summed E-state index contributed by atoms with van der Waals surface area (Å²) >= 11 is 0. The lowest BCUT2D eigenvalue weighted by atomic mass is 9.91. The van der Waals surface area contributed by atoms with Crippen LogP contribution < -0.4 is 24.7 Å². The zero-order valence-electron chi connectivity index (χ0n) is 13.4. The van der Waals surface area contributed by atoms with Gasteiger partial charge in [-0.3, -0.25) is 0 Å². The molecule has 2 aromatic rings. The Hall–Kier alpha value is -2.40. The highest BCUT2D eigenvalue weighted by atomic mass is 16.7. The van der Waals surface area contributed by atoms with Crippen LogP contribution in [0.5, 0.6) is 23.0 Å². The number of hydrogen-bond donors (Lipinski definition) is 1. The Kier molecular flexibility index (Phi) is 4.57. The molecule has 1 aliphatic heterocycles. The Morgan fingerprint density at radius 3 is 2.61 bits per heavy atom. The van der Waals surface area contributed by atoms with Gasteiger partial charge in [0.05, 0.1) is 14.2 Å². The molecule has 3 rings (SSSR count). The Labute approximate surface area is 135 Å². The van der Waals surface area contributed by atoms with Crippen molar-refractivity contribution in [1.29, 1.82) is 0 Å². The molecule has 0 bridgehead atoms. The van der Waals surface area contributed by atoms with Crippen molar-refractivity contribution in [3.8, 4) is 23.0 Å². The third-order valence-corrected chi connectivity index (χ3v) is 4.11. The zero-order valence-corrected chi connectivity index (χ0v) is 13.4. The van der Waals surface area contributed by atoms with Crippen LogP contribution in [0.25, 0.3) is 0 Å². The van der Waals surface area contributed by atoms with Crippen LogP contribution in [0.4, 0.5) is 0 Å². The van der Waals surface area contributed by atoms with E-state index in [1.165, 1.54) is 0 Å². The van der Waals surface area contributed by atoms with Crippen LogP contribution in [0.2, 0.25) is 0 Å². The standard InChI is InChI=1S/C18H21NO4/c1-20-15-4-6-16(21-2)13(8-15)7-14(10-19)12-3-5-17-18(9-12)23-11-22-17/h3-6,8-9,14H,7,10-11,19H2,1-2H3. The van der Waals surface area contributed by atoms with Crippen LogP contribution in [0, 0.1) is 0 Å². The van der Waals surface area contributed by atoms with E-state index in [1.807, 2.05) is 36.4 Å². The fraction of sp³-hybridized carbons (Fsp3) is 0.333. The number of rotatable bonds is 6. The van der Waals surface area contributed by atoms with E-state index in [2.05, 4.69) is 0 Å². The van der Waals surface area contributed by atoms with Crippen LogP contribution in [0.1, 0.15) is 17.0 Å². The molecule has 0 amide bonds. The maximum atomic E-state index is 6.02. The lowest BCUT2D eigenvalue weighted by molar-refractivity contribution is 0.174. The summed E-state index contributed by atoms with van der Waals surface area (Å²) in [5, 5.41) is 0. The summed E-state index contributed by atoms with van der Waals surface area (Å²) in [7, 11) is 3.33. The molecule has 0 aliphatic carbocycles. The number of nitrogens with two attached hydrogens (primary N) is 1. The molecule has 1 aliphatic rings. The van der Waals surface area contributed by atoms with Crippen molar-refractivity contribution in [2.24, 2.45) is 5.73 Å². The molecule has 1 atom stereocenters. The van der Waals surface area contributed by atoms with Crippen molar-refractivity contribution in [3.63, 3.8) is 0 Å². The van der Waals surface area contributed by atoms with E-state index in [1.54, 1.807) is 14.2 Å². The van der Waals surface area contributed by atoms with E-state index in [0.29, 0.717) is 6.54 Å². The molecule has 1 heterocycles. The maximum absolute atomic E-state index is 6.02. The van der Waals surface area contributed by atoms with E-state index in [4.69, 9.17) is 24.7 Å². The van der Waals surface area contributed by atoms with Crippen molar-refractivity contribution in [2.75, 3.05) is 27.6 Å². The van der Waals surface area contributed by atoms with Gasteiger partial charge in [0.25, 0.3) is 0 Å². The summed E-state index contributed by atoms with van der Waals surface area (Å²) in [5.41, 5.74) is 8.21. The molecule has 0 fully saturated rings. The van der Waals surface area contributed by atoms with Crippen molar-refractivity contribution in [1.82, 2.24) is 0 Å². The van der Waals surface area contributed by atoms with Gasteiger partial charge in [-0.05, 0) is 54.4 Å². The predicted molar refractivity (Wildman–Crippen MR) is 87.6 cm³/mol. The van der Waals surface area contributed by atoms with Crippen LogP contribution >= 0.6 is 0 Å². The first-order valence-corrected chi connectivity index (χ1v) is 7.55. The van der Waals surface area contributed by atoms with Gasteiger partial charge < -0.3 is 24.7 Å². The Balaban J connectivity index is 1.87. The minimum absolute atomic E-state index is 0.158. The quantitative estimate of drug-likeness (QED) is 0.888. The molecular formula is C18H21NO4. The summed E-state index contributed by atoms with van der Waals surface area (Å²) < 4.78 is 21.6. The molecule has 0 aromatic heterocycles.